The molecule has 0 amide bonds. The number of nitrogens with one attached hydrogen (secondary N) is 1. The SMILES string of the molecule is N#Cc1ccc(N2CCC(Nc3ccc(Br)cn3)CC2)nc1. The van der Waals surface area contributed by atoms with Gasteiger partial charge in [-0.1, -0.05) is 0 Å². The van der Waals surface area contributed by atoms with E-state index in [4.69, 9.17) is 5.26 Å². The Morgan fingerprint density at radius 3 is 2.55 bits per heavy atom. The number of piperidine rings is 1. The van der Waals surface area contributed by atoms with Crippen LogP contribution < -0.4 is 10.2 Å². The van der Waals surface area contributed by atoms with Gasteiger partial charge in [-0.25, -0.2) is 9.97 Å². The first kappa shape index (κ1) is 14.8. The van der Waals surface area contributed by atoms with Crippen molar-refractivity contribution in [3.8, 4) is 6.07 Å². The second kappa shape index (κ2) is 6.75. The molecule has 0 unspecified atom stereocenters. The zero-order valence-corrected chi connectivity index (χ0v) is 13.6. The second-order valence-electron chi connectivity index (χ2n) is 5.28. The highest BCUT2D eigenvalue weighted by Crippen LogP contribution is 2.20. The average molecular weight is 358 g/mol. The minimum atomic E-state index is 0.434. The molecule has 1 fully saturated rings. The van der Waals surface area contributed by atoms with Crippen LogP contribution in [-0.2, 0) is 0 Å². The van der Waals surface area contributed by atoms with Gasteiger partial charge in [-0.15, -0.1) is 0 Å². The summed E-state index contributed by atoms with van der Waals surface area (Å²) >= 11 is 3.39. The third kappa shape index (κ3) is 3.55. The lowest BCUT2D eigenvalue weighted by Crippen LogP contribution is -2.39. The van der Waals surface area contributed by atoms with Crippen molar-refractivity contribution in [1.82, 2.24) is 9.97 Å². The summed E-state index contributed by atoms with van der Waals surface area (Å²) in [6.07, 6.45) is 5.52. The van der Waals surface area contributed by atoms with Crippen LogP contribution >= 0.6 is 15.9 Å². The molecule has 0 aromatic carbocycles. The normalized spacial score (nSPS) is 15.4. The Kier molecular flexibility index (Phi) is 4.54. The topological polar surface area (TPSA) is 64.8 Å². The van der Waals surface area contributed by atoms with Gasteiger partial charge >= 0.3 is 0 Å². The summed E-state index contributed by atoms with van der Waals surface area (Å²) in [5.74, 6) is 1.86. The van der Waals surface area contributed by atoms with Gasteiger partial charge in [0.1, 0.15) is 17.7 Å². The maximum absolute atomic E-state index is 8.81. The summed E-state index contributed by atoms with van der Waals surface area (Å²) in [6.45, 7) is 1.90. The molecule has 0 bridgehead atoms. The molecule has 1 saturated heterocycles. The molecule has 1 aliphatic heterocycles. The van der Waals surface area contributed by atoms with E-state index in [0.29, 0.717) is 11.6 Å². The molecule has 2 aromatic heterocycles. The van der Waals surface area contributed by atoms with Crippen LogP contribution in [0.15, 0.2) is 41.1 Å². The first-order valence-electron chi connectivity index (χ1n) is 7.24. The highest BCUT2D eigenvalue weighted by Gasteiger charge is 2.20. The van der Waals surface area contributed by atoms with Crippen molar-refractivity contribution in [3.05, 3.63) is 46.7 Å². The number of hydrogen-bond acceptors (Lipinski definition) is 5. The molecule has 0 spiro atoms. The first-order valence-corrected chi connectivity index (χ1v) is 8.03. The van der Waals surface area contributed by atoms with Crippen LogP contribution in [-0.4, -0.2) is 29.1 Å². The highest BCUT2D eigenvalue weighted by molar-refractivity contribution is 9.10. The zero-order valence-electron chi connectivity index (χ0n) is 12.0. The molecule has 1 N–H and O–H groups in total. The van der Waals surface area contributed by atoms with Crippen molar-refractivity contribution in [1.29, 1.82) is 5.26 Å². The Morgan fingerprint density at radius 2 is 1.95 bits per heavy atom. The smallest absolute Gasteiger partial charge is 0.128 e. The van der Waals surface area contributed by atoms with Crippen molar-refractivity contribution in [2.24, 2.45) is 0 Å². The number of nitriles is 1. The van der Waals surface area contributed by atoms with Crippen LogP contribution in [0, 0.1) is 11.3 Å². The fourth-order valence-electron chi connectivity index (χ4n) is 2.56. The molecule has 0 radical (unpaired) electrons. The fourth-order valence-corrected chi connectivity index (χ4v) is 2.80. The zero-order chi connectivity index (χ0) is 15.4. The van der Waals surface area contributed by atoms with Crippen LogP contribution in [0.25, 0.3) is 0 Å². The molecule has 3 heterocycles. The fraction of sp³-hybridized carbons (Fsp3) is 0.312. The molecule has 6 heteroatoms. The van der Waals surface area contributed by atoms with E-state index in [9.17, 15) is 0 Å². The van der Waals surface area contributed by atoms with E-state index in [1.54, 1.807) is 12.4 Å². The van der Waals surface area contributed by atoms with E-state index in [-0.39, 0.29) is 0 Å². The molecule has 2 aromatic rings. The van der Waals surface area contributed by atoms with Crippen molar-refractivity contribution in [2.45, 2.75) is 18.9 Å². The van der Waals surface area contributed by atoms with Gasteiger partial charge in [0, 0.05) is 36.0 Å². The Morgan fingerprint density at radius 1 is 1.14 bits per heavy atom. The van der Waals surface area contributed by atoms with Gasteiger partial charge < -0.3 is 10.2 Å². The molecule has 3 rings (SSSR count). The molecule has 112 valence electrons. The van der Waals surface area contributed by atoms with Crippen LogP contribution in [0.2, 0.25) is 0 Å². The standard InChI is InChI=1S/C16H16BrN5/c17-13-2-3-15(19-11-13)21-14-5-7-22(8-6-14)16-4-1-12(9-18)10-20-16/h1-4,10-11,14H,5-8H2,(H,19,21). The Hall–Kier alpha value is -2.13. The van der Waals surface area contributed by atoms with Crippen LogP contribution in [0.4, 0.5) is 11.6 Å². The lowest BCUT2D eigenvalue weighted by atomic mass is 10.0. The largest absolute Gasteiger partial charge is 0.367 e. The number of hydrogen-bond donors (Lipinski definition) is 1. The quantitative estimate of drug-likeness (QED) is 0.913. The van der Waals surface area contributed by atoms with Gasteiger partial charge in [-0.3, -0.25) is 0 Å². The number of nitrogens with zero attached hydrogens (tertiary/aromatic N) is 4. The maximum Gasteiger partial charge on any atom is 0.128 e. The van der Waals surface area contributed by atoms with Crippen molar-refractivity contribution in [2.75, 3.05) is 23.3 Å². The van der Waals surface area contributed by atoms with Crippen molar-refractivity contribution >= 4 is 27.6 Å². The monoisotopic (exact) mass is 357 g/mol. The molecule has 0 saturated carbocycles. The maximum atomic E-state index is 8.81. The molecule has 1 aliphatic rings. The summed E-state index contributed by atoms with van der Waals surface area (Å²) in [4.78, 5) is 11.0. The number of aromatic nitrogens is 2. The molecular weight excluding hydrogens is 342 g/mol. The van der Waals surface area contributed by atoms with E-state index in [2.05, 4.69) is 42.2 Å². The Bertz CT molecular complexity index is 654. The van der Waals surface area contributed by atoms with Gasteiger partial charge in [-0.05, 0) is 53.0 Å². The predicted molar refractivity (Wildman–Crippen MR) is 89.7 cm³/mol. The van der Waals surface area contributed by atoms with Gasteiger partial charge in [0.05, 0.1) is 5.56 Å². The third-order valence-corrected chi connectivity index (χ3v) is 4.24. The average Bonchev–Trinajstić information content (AvgIpc) is 2.58. The lowest BCUT2D eigenvalue weighted by Gasteiger charge is -2.33. The number of rotatable bonds is 3. The molecule has 22 heavy (non-hydrogen) atoms. The van der Waals surface area contributed by atoms with Crippen molar-refractivity contribution in [3.63, 3.8) is 0 Å². The second-order valence-corrected chi connectivity index (χ2v) is 6.20. The summed E-state index contributed by atoms with van der Waals surface area (Å²) in [6, 6.07) is 10.2. The minimum Gasteiger partial charge on any atom is -0.367 e. The molecule has 5 nitrogen and oxygen atoms in total. The van der Waals surface area contributed by atoms with Crippen LogP contribution in [0.5, 0.6) is 0 Å². The van der Waals surface area contributed by atoms with E-state index >= 15 is 0 Å². The third-order valence-electron chi connectivity index (χ3n) is 3.78. The summed E-state index contributed by atoms with van der Waals surface area (Å²) < 4.78 is 0.986. The van der Waals surface area contributed by atoms with E-state index in [0.717, 1.165) is 42.0 Å². The summed E-state index contributed by atoms with van der Waals surface area (Å²) in [7, 11) is 0. The van der Waals surface area contributed by atoms with Crippen LogP contribution in [0.1, 0.15) is 18.4 Å². The predicted octanol–water partition coefficient (Wildman–Crippen LogP) is 3.19. The molecular formula is C16H16BrN5. The van der Waals surface area contributed by atoms with Crippen molar-refractivity contribution < 1.29 is 0 Å². The Labute approximate surface area is 138 Å². The number of pyridine rings is 2. The summed E-state index contributed by atoms with van der Waals surface area (Å²) in [5, 5.41) is 12.3. The summed E-state index contributed by atoms with van der Waals surface area (Å²) in [5.41, 5.74) is 0.599. The first-order chi connectivity index (χ1) is 10.7. The number of halogens is 1. The van der Waals surface area contributed by atoms with Gasteiger partial charge in [0.15, 0.2) is 0 Å². The van der Waals surface area contributed by atoms with E-state index < -0.39 is 0 Å². The highest BCUT2D eigenvalue weighted by atomic mass is 79.9. The van der Waals surface area contributed by atoms with Gasteiger partial charge in [0.25, 0.3) is 0 Å². The van der Waals surface area contributed by atoms with Gasteiger partial charge in [0.2, 0.25) is 0 Å². The van der Waals surface area contributed by atoms with E-state index in [1.807, 2.05) is 24.3 Å². The molecule has 0 aliphatic carbocycles. The Balaban J connectivity index is 1.55. The van der Waals surface area contributed by atoms with E-state index in [1.165, 1.54) is 0 Å². The minimum absolute atomic E-state index is 0.434. The number of anilines is 2. The van der Waals surface area contributed by atoms with Crippen LogP contribution in [0.3, 0.4) is 0 Å². The van der Waals surface area contributed by atoms with Gasteiger partial charge in [-0.2, -0.15) is 5.26 Å². The lowest BCUT2D eigenvalue weighted by molar-refractivity contribution is 0.522. The molecule has 0 atom stereocenters.